The highest BCUT2D eigenvalue weighted by molar-refractivity contribution is 6.44. The van der Waals surface area contributed by atoms with Crippen molar-refractivity contribution in [2.24, 2.45) is 0 Å². The normalized spacial score (nSPS) is 10.6. The van der Waals surface area contributed by atoms with Gasteiger partial charge in [-0.2, -0.15) is 0 Å². The first-order valence-electron chi connectivity index (χ1n) is 6.30. The number of hydrogen-bond acceptors (Lipinski definition) is 3. The van der Waals surface area contributed by atoms with Crippen molar-refractivity contribution in [1.82, 2.24) is 9.97 Å². The van der Waals surface area contributed by atoms with Gasteiger partial charge in [0.15, 0.2) is 5.82 Å². The van der Waals surface area contributed by atoms with Gasteiger partial charge in [-0.15, -0.1) is 0 Å². The molecule has 1 aromatic heterocycles. The first-order chi connectivity index (χ1) is 10.6. The Morgan fingerprint density at radius 1 is 1.09 bits per heavy atom. The number of para-hydroxylation sites is 1. The molecule has 0 saturated heterocycles. The van der Waals surface area contributed by atoms with Crippen molar-refractivity contribution in [1.29, 1.82) is 0 Å². The first kappa shape index (κ1) is 14.6. The molecule has 0 aliphatic carbocycles. The molecule has 7 heteroatoms. The number of hydrogen-bond donors (Lipinski definition) is 2. The van der Waals surface area contributed by atoms with E-state index >= 15 is 0 Å². The maximum Gasteiger partial charge on any atom is 0.291 e. The molecule has 22 heavy (non-hydrogen) atoms. The maximum atomic E-state index is 12.2. The quantitative estimate of drug-likeness (QED) is 0.753. The lowest BCUT2D eigenvalue weighted by Gasteiger charge is -2.08. The van der Waals surface area contributed by atoms with Crippen molar-refractivity contribution in [3.05, 3.63) is 68.7 Å². The zero-order valence-corrected chi connectivity index (χ0v) is 12.6. The van der Waals surface area contributed by atoms with E-state index in [4.69, 9.17) is 23.2 Å². The minimum Gasteiger partial charge on any atom is -0.318 e. The molecular formula is C15H9Cl2N3O2. The molecule has 1 heterocycles. The van der Waals surface area contributed by atoms with E-state index in [2.05, 4.69) is 15.3 Å². The van der Waals surface area contributed by atoms with E-state index in [1.807, 2.05) is 0 Å². The van der Waals surface area contributed by atoms with Crippen LogP contribution in [0, 0.1) is 0 Å². The topological polar surface area (TPSA) is 74.8 Å². The van der Waals surface area contributed by atoms with Crippen molar-refractivity contribution in [3.63, 3.8) is 0 Å². The monoisotopic (exact) mass is 333 g/mol. The van der Waals surface area contributed by atoms with Crippen LogP contribution in [0.25, 0.3) is 10.9 Å². The molecule has 3 rings (SSSR count). The Hall–Kier alpha value is -2.37. The summed E-state index contributed by atoms with van der Waals surface area (Å²) in [5.41, 5.74) is 0.400. The molecule has 5 nitrogen and oxygen atoms in total. The number of benzene rings is 2. The summed E-state index contributed by atoms with van der Waals surface area (Å²) in [5, 5.41) is 3.53. The molecule has 0 aliphatic heterocycles. The van der Waals surface area contributed by atoms with Crippen molar-refractivity contribution < 1.29 is 4.79 Å². The van der Waals surface area contributed by atoms with Crippen LogP contribution in [0.1, 0.15) is 10.6 Å². The Bertz CT molecular complexity index is 937. The van der Waals surface area contributed by atoms with Gasteiger partial charge in [-0.25, -0.2) is 4.98 Å². The van der Waals surface area contributed by atoms with Gasteiger partial charge in [0.1, 0.15) is 0 Å². The van der Waals surface area contributed by atoms with Crippen molar-refractivity contribution in [2.75, 3.05) is 5.32 Å². The molecule has 3 aromatic rings. The van der Waals surface area contributed by atoms with Gasteiger partial charge >= 0.3 is 0 Å². The molecule has 2 N–H and O–H groups in total. The van der Waals surface area contributed by atoms with E-state index in [9.17, 15) is 9.59 Å². The zero-order chi connectivity index (χ0) is 15.7. The Morgan fingerprint density at radius 2 is 1.86 bits per heavy atom. The summed E-state index contributed by atoms with van der Waals surface area (Å²) in [6, 6.07) is 11.6. The van der Waals surface area contributed by atoms with Crippen LogP contribution in [0.5, 0.6) is 0 Å². The Labute approximate surface area is 134 Å². The van der Waals surface area contributed by atoms with Crippen LogP contribution in [0.4, 0.5) is 5.69 Å². The van der Waals surface area contributed by atoms with E-state index in [-0.39, 0.29) is 16.4 Å². The third-order valence-corrected chi connectivity index (χ3v) is 3.85. The molecule has 1 amide bonds. The predicted molar refractivity (Wildman–Crippen MR) is 86.8 cm³/mol. The Morgan fingerprint density at radius 3 is 2.68 bits per heavy atom. The number of carbonyl (C=O) groups excluding carboxylic acids is 1. The number of fused-ring (bicyclic) bond motifs is 1. The smallest absolute Gasteiger partial charge is 0.291 e. The minimum atomic E-state index is -0.577. The molecule has 2 aromatic carbocycles. The third kappa shape index (κ3) is 2.68. The Balaban J connectivity index is 1.99. The molecule has 110 valence electrons. The lowest BCUT2D eigenvalue weighted by molar-refractivity contribution is 0.101. The zero-order valence-electron chi connectivity index (χ0n) is 11.1. The summed E-state index contributed by atoms with van der Waals surface area (Å²) >= 11 is 11.9. The molecule has 0 unspecified atom stereocenters. The lowest BCUT2D eigenvalue weighted by Crippen LogP contribution is -2.21. The van der Waals surface area contributed by atoms with Gasteiger partial charge < -0.3 is 10.3 Å². The molecular weight excluding hydrogens is 325 g/mol. The molecule has 0 spiro atoms. The van der Waals surface area contributed by atoms with E-state index < -0.39 is 5.91 Å². The predicted octanol–water partition coefficient (Wildman–Crippen LogP) is 3.48. The SMILES string of the molecule is O=C(Nc1cccc(Cl)c1Cl)c1nc2ccccc2c(=O)[nH]1. The van der Waals surface area contributed by atoms with Gasteiger partial charge in [0.2, 0.25) is 0 Å². The highest BCUT2D eigenvalue weighted by Gasteiger charge is 2.14. The Kier molecular flexibility index (Phi) is 3.83. The van der Waals surface area contributed by atoms with Crippen LogP contribution < -0.4 is 10.9 Å². The van der Waals surface area contributed by atoms with E-state index in [0.29, 0.717) is 21.6 Å². The van der Waals surface area contributed by atoms with Gasteiger partial charge in [-0.1, -0.05) is 41.4 Å². The van der Waals surface area contributed by atoms with Crippen LogP contribution in [0.15, 0.2) is 47.3 Å². The highest BCUT2D eigenvalue weighted by atomic mass is 35.5. The van der Waals surface area contributed by atoms with Crippen molar-refractivity contribution in [3.8, 4) is 0 Å². The summed E-state index contributed by atoms with van der Waals surface area (Å²) in [4.78, 5) is 30.8. The minimum absolute atomic E-state index is 0.0975. The van der Waals surface area contributed by atoms with E-state index in [0.717, 1.165) is 0 Å². The van der Waals surface area contributed by atoms with Gasteiger partial charge in [0.25, 0.3) is 11.5 Å². The summed E-state index contributed by atoms with van der Waals surface area (Å²) in [7, 11) is 0. The number of carbonyl (C=O) groups is 1. The summed E-state index contributed by atoms with van der Waals surface area (Å²) < 4.78 is 0. The summed E-state index contributed by atoms with van der Waals surface area (Å²) in [6.07, 6.45) is 0. The summed E-state index contributed by atoms with van der Waals surface area (Å²) in [6.45, 7) is 0. The third-order valence-electron chi connectivity index (χ3n) is 3.03. The fourth-order valence-electron chi connectivity index (χ4n) is 1.98. The van der Waals surface area contributed by atoms with E-state index in [1.165, 1.54) is 0 Å². The number of nitrogens with one attached hydrogen (secondary N) is 2. The van der Waals surface area contributed by atoms with Gasteiger partial charge in [0.05, 0.1) is 26.6 Å². The van der Waals surface area contributed by atoms with Crippen molar-refractivity contribution in [2.45, 2.75) is 0 Å². The number of aromatic nitrogens is 2. The van der Waals surface area contributed by atoms with Crippen LogP contribution in [-0.4, -0.2) is 15.9 Å². The van der Waals surface area contributed by atoms with Crippen molar-refractivity contribution >= 4 is 45.7 Å². The summed E-state index contributed by atoms with van der Waals surface area (Å²) in [5.74, 6) is -0.674. The molecule has 0 bridgehead atoms. The molecule has 0 fully saturated rings. The first-order valence-corrected chi connectivity index (χ1v) is 7.06. The number of nitrogens with zero attached hydrogens (tertiary/aromatic N) is 1. The fourth-order valence-corrected chi connectivity index (χ4v) is 2.32. The van der Waals surface area contributed by atoms with Gasteiger partial charge in [-0.3, -0.25) is 9.59 Å². The molecule has 0 atom stereocenters. The molecule has 0 aliphatic rings. The van der Waals surface area contributed by atoms with Gasteiger partial charge in [-0.05, 0) is 24.3 Å². The number of rotatable bonds is 2. The average Bonchev–Trinajstić information content (AvgIpc) is 2.52. The number of aromatic amines is 1. The second-order valence-corrected chi connectivity index (χ2v) is 5.27. The second kappa shape index (κ2) is 5.79. The standard InChI is InChI=1S/C15H9Cl2N3O2/c16-9-5-3-7-11(12(9)17)19-15(22)13-18-10-6-2-1-4-8(10)14(21)20-13/h1-7H,(H,19,22)(H,18,20,21). The van der Waals surface area contributed by atoms with Crippen LogP contribution in [0.2, 0.25) is 10.0 Å². The van der Waals surface area contributed by atoms with E-state index in [1.54, 1.807) is 42.5 Å². The number of anilines is 1. The molecule has 0 saturated carbocycles. The molecule has 0 radical (unpaired) electrons. The van der Waals surface area contributed by atoms with Crippen LogP contribution in [0.3, 0.4) is 0 Å². The lowest BCUT2D eigenvalue weighted by atomic mass is 10.2. The number of amides is 1. The number of halogens is 2. The van der Waals surface area contributed by atoms with Gasteiger partial charge in [0, 0.05) is 0 Å². The maximum absolute atomic E-state index is 12.2. The van der Waals surface area contributed by atoms with Crippen LogP contribution >= 0.6 is 23.2 Å². The average molecular weight is 334 g/mol. The fraction of sp³-hybridized carbons (Fsp3) is 0. The second-order valence-electron chi connectivity index (χ2n) is 4.49. The highest BCUT2D eigenvalue weighted by Crippen LogP contribution is 2.29. The largest absolute Gasteiger partial charge is 0.318 e. The number of H-pyrrole nitrogens is 1. The van der Waals surface area contributed by atoms with Crippen LogP contribution in [-0.2, 0) is 0 Å².